The fourth-order valence-corrected chi connectivity index (χ4v) is 1.21. The zero-order chi connectivity index (χ0) is 16.1. The van der Waals surface area contributed by atoms with Gasteiger partial charge in [0, 0.05) is 6.61 Å². The van der Waals surface area contributed by atoms with E-state index in [1.54, 1.807) is 0 Å². The molecule has 7 nitrogen and oxygen atoms in total. The Hall–Kier alpha value is -1.18. The van der Waals surface area contributed by atoms with E-state index >= 15 is 0 Å². The average Bonchev–Trinajstić information content (AvgIpc) is 2.44. The summed E-state index contributed by atoms with van der Waals surface area (Å²) >= 11 is 0. The molecule has 7 heteroatoms. The van der Waals surface area contributed by atoms with Crippen LogP contribution in [0.15, 0.2) is 0 Å². The van der Waals surface area contributed by atoms with E-state index in [4.69, 9.17) is 19.3 Å². The number of aliphatic hydroxyl groups excluding tert-OH is 1. The van der Waals surface area contributed by atoms with Crippen molar-refractivity contribution in [1.29, 1.82) is 0 Å². The third-order valence-electron chi connectivity index (χ3n) is 2.45. The highest BCUT2D eigenvalue weighted by atomic mass is 16.6. The summed E-state index contributed by atoms with van der Waals surface area (Å²) < 4.78 is 20.1. The fraction of sp³-hybridized carbons (Fsp3) is 0.857. The summed E-state index contributed by atoms with van der Waals surface area (Å²) in [5, 5.41) is 8.94. The molecule has 0 aromatic rings. The van der Waals surface area contributed by atoms with Crippen molar-refractivity contribution in [3.63, 3.8) is 0 Å². The summed E-state index contributed by atoms with van der Waals surface area (Å²) in [5.41, 5.74) is 0. The van der Waals surface area contributed by atoms with Gasteiger partial charge in [-0.1, -0.05) is 13.3 Å². The normalized spacial score (nSPS) is 13.5. The van der Waals surface area contributed by atoms with Gasteiger partial charge < -0.3 is 24.1 Å². The van der Waals surface area contributed by atoms with E-state index in [-0.39, 0.29) is 13.2 Å². The van der Waals surface area contributed by atoms with Crippen LogP contribution in [-0.4, -0.2) is 62.3 Å². The molecule has 0 aromatic carbocycles. The second kappa shape index (κ2) is 12.6. The van der Waals surface area contributed by atoms with E-state index in [1.807, 2.05) is 0 Å². The molecule has 2 unspecified atom stereocenters. The first-order valence-electron chi connectivity index (χ1n) is 7.19. The first kappa shape index (κ1) is 19.8. The van der Waals surface area contributed by atoms with Gasteiger partial charge in [0.1, 0.15) is 12.7 Å². The van der Waals surface area contributed by atoms with Crippen LogP contribution in [0.1, 0.15) is 33.6 Å². The molecule has 21 heavy (non-hydrogen) atoms. The molecule has 0 aliphatic heterocycles. The second-order valence-corrected chi connectivity index (χ2v) is 4.50. The molecule has 0 rings (SSSR count). The van der Waals surface area contributed by atoms with E-state index in [2.05, 4.69) is 11.7 Å². The Balaban J connectivity index is 3.51. The second-order valence-electron chi connectivity index (χ2n) is 4.50. The third kappa shape index (κ3) is 11.2. The Morgan fingerprint density at radius 3 is 2.10 bits per heavy atom. The van der Waals surface area contributed by atoms with Crippen LogP contribution in [0.25, 0.3) is 0 Å². The minimum atomic E-state index is -1.27. The Labute approximate surface area is 125 Å². The van der Waals surface area contributed by atoms with Gasteiger partial charge in [-0.2, -0.15) is 0 Å². The zero-order valence-corrected chi connectivity index (χ0v) is 13.0. The monoisotopic (exact) mass is 306 g/mol. The van der Waals surface area contributed by atoms with E-state index in [0.717, 1.165) is 19.4 Å². The van der Waals surface area contributed by atoms with Crippen molar-refractivity contribution in [1.82, 2.24) is 0 Å². The number of aliphatic hydroxyl groups is 1. The highest BCUT2D eigenvalue weighted by Crippen LogP contribution is 1.98. The van der Waals surface area contributed by atoms with Crippen molar-refractivity contribution in [3.05, 3.63) is 0 Å². The lowest BCUT2D eigenvalue weighted by atomic mass is 10.4. The number of carbonyl (C=O) groups is 2. The molecule has 1 N–H and O–H groups in total. The highest BCUT2D eigenvalue weighted by molar-refractivity contribution is 5.80. The maximum Gasteiger partial charge on any atom is 0.347 e. The quantitative estimate of drug-likeness (QED) is 0.418. The van der Waals surface area contributed by atoms with E-state index < -0.39 is 24.1 Å². The van der Waals surface area contributed by atoms with Crippen LogP contribution < -0.4 is 0 Å². The lowest BCUT2D eigenvalue weighted by Crippen LogP contribution is -2.31. The molecule has 0 aliphatic carbocycles. The van der Waals surface area contributed by atoms with Crippen LogP contribution in [0.2, 0.25) is 0 Å². The first-order valence-corrected chi connectivity index (χ1v) is 7.19. The minimum absolute atomic E-state index is 0.0738. The number of hydrogen-bond acceptors (Lipinski definition) is 7. The van der Waals surface area contributed by atoms with Crippen LogP contribution in [0, 0.1) is 0 Å². The van der Waals surface area contributed by atoms with E-state index in [1.165, 1.54) is 13.8 Å². The van der Waals surface area contributed by atoms with Crippen LogP contribution in [0.5, 0.6) is 0 Å². The smallest absolute Gasteiger partial charge is 0.347 e. The van der Waals surface area contributed by atoms with Crippen molar-refractivity contribution >= 4 is 11.9 Å². The molecular weight excluding hydrogens is 280 g/mol. The number of hydrogen-bond donors (Lipinski definition) is 1. The molecule has 0 saturated heterocycles. The number of esters is 2. The Kier molecular flexibility index (Phi) is 11.8. The standard InChI is InChI=1S/C14H26O7/c1-4-5-6-18-7-8-19-9-10-20-14(17)12(3)21-13(16)11(2)15/h11-12,15H,4-10H2,1-3H3. The largest absolute Gasteiger partial charge is 0.461 e. The van der Waals surface area contributed by atoms with Gasteiger partial charge in [0.05, 0.1) is 19.8 Å². The fourth-order valence-electron chi connectivity index (χ4n) is 1.21. The van der Waals surface area contributed by atoms with Crippen molar-refractivity contribution in [3.8, 4) is 0 Å². The lowest BCUT2D eigenvalue weighted by molar-refractivity contribution is -0.172. The zero-order valence-electron chi connectivity index (χ0n) is 13.0. The van der Waals surface area contributed by atoms with Crippen molar-refractivity contribution < 1.29 is 33.6 Å². The average molecular weight is 306 g/mol. The summed E-state index contributed by atoms with van der Waals surface area (Å²) in [5.74, 6) is -1.54. The Morgan fingerprint density at radius 1 is 0.952 bits per heavy atom. The van der Waals surface area contributed by atoms with E-state index in [9.17, 15) is 9.59 Å². The summed E-state index contributed by atoms with van der Waals surface area (Å²) in [6, 6.07) is 0. The molecule has 0 aromatic heterocycles. The van der Waals surface area contributed by atoms with Gasteiger partial charge in [-0.3, -0.25) is 0 Å². The van der Waals surface area contributed by atoms with Gasteiger partial charge in [-0.25, -0.2) is 9.59 Å². The van der Waals surface area contributed by atoms with Crippen molar-refractivity contribution in [2.45, 2.75) is 45.8 Å². The molecule has 0 spiro atoms. The molecule has 0 fully saturated rings. The molecule has 0 aliphatic rings. The third-order valence-corrected chi connectivity index (χ3v) is 2.45. The maximum absolute atomic E-state index is 11.4. The van der Waals surface area contributed by atoms with Crippen LogP contribution in [0.4, 0.5) is 0 Å². The number of carbonyl (C=O) groups excluding carboxylic acids is 2. The van der Waals surface area contributed by atoms with Crippen molar-refractivity contribution in [2.75, 3.05) is 33.0 Å². The molecule has 2 atom stereocenters. The van der Waals surface area contributed by atoms with Gasteiger partial charge in [0.15, 0.2) is 6.10 Å². The van der Waals surface area contributed by atoms with E-state index in [0.29, 0.717) is 13.2 Å². The molecular formula is C14H26O7. The molecule has 124 valence electrons. The topological polar surface area (TPSA) is 91.3 Å². The number of rotatable bonds is 12. The summed E-state index contributed by atoms with van der Waals surface area (Å²) in [6.45, 7) is 6.73. The molecule has 0 amide bonds. The van der Waals surface area contributed by atoms with Crippen LogP contribution in [0.3, 0.4) is 0 Å². The maximum atomic E-state index is 11.4. The molecule has 0 bridgehead atoms. The van der Waals surface area contributed by atoms with Crippen LogP contribution >= 0.6 is 0 Å². The lowest BCUT2D eigenvalue weighted by Gasteiger charge is -2.13. The van der Waals surface area contributed by atoms with Gasteiger partial charge in [0.2, 0.25) is 0 Å². The predicted octanol–water partition coefficient (Wildman–Crippen LogP) is 0.675. The minimum Gasteiger partial charge on any atom is -0.461 e. The predicted molar refractivity (Wildman–Crippen MR) is 74.7 cm³/mol. The molecule has 0 radical (unpaired) electrons. The van der Waals surface area contributed by atoms with Gasteiger partial charge >= 0.3 is 11.9 Å². The Bertz CT molecular complexity index is 291. The summed E-state index contributed by atoms with van der Waals surface area (Å²) in [4.78, 5) is 22.5. The number of ether oxygens (including phenoxy) is 4. The molecule has 0 saturated carbocycles. The van der Waals surface area contributed by atoms with Gasteiger partial charge in [-0.15, -0.1) is 0 Å². The number of unbranched alkanes of at least 4 members (excludes halogenated alkanes) is 1. The highest BCUT2D eigenvalue weighted by Gasteiger charge is 2.21. The van der Waals surface area contributed by atoms with Gasteiger partial charge in [-0.05, 0) is 20.3 Å². The van der Waals surface area contributed by atoms with Gasteiger partial charge in [0.25, 0.3) is 0 Å². The van der Waals surface area contributed by atoms with Crippen LogP contribution in [-0.2, 0) is 28.5 Å². The summed E-state index contributed by atoms with van der Waals surface area (Å²) in [6.07, 6.45) is -0.198. The first-order chi connectivity index (χ1) is 9.99. The SMILES string of the molecule is CCCCOCCOCCOC(=O)C(C)OC(=O)C(C)O. The summed E-state index contributed by atoms with van der Waals surface area (Å²) in [7, 11) is 0. The van der Waals surface area contributed by atoms with Crippen molar-refractivity contribution in [2.24, 2.45) is 0 Å². The Morgan fingerprint density at radius 2 is 1.52 bits per heavy atom. The molecule has 0 heterocycles.